The largest absolute Gasteiger partial charge is 0.388 e. The second-order valence-corrected chi connectivity index (χ2v) is 3.71. The molecule has 1 rings (SSSR count). The zero-order chi connectivity index (χ0) is 10.0. The summed E-state index contributed by atoms with van der Waals surface area (Å²) in [6.45, 7) is 5.56. The van der Waals surface area contributed by atoms with Crippen LogP contribution in [-0.4, -0.2) is 5.11 Å². The molecule has 1 N–H and O–H groups in total. The van der Waals surface area contributed by atoms with E-state index in [1.54, 1.807) is 6.07 Å². The molecule has 0 amide bonds. The number of benzene rings is 1. The molecular weight excluding hydrogens is 167 g/mol. The quantitative estimate of drug-likeness (QED) is 0.745. The van der Waals surface area contributed by atoms with Crippen LogP contribution in [0.25, 0.3) is 0 Å². The molecule has 0 bridgehead atoms. The van der Waals surface area contributed by atoms with E-state index in [1.807, 2.05) is 26.8 Å². The van der Waals surface area contributed by atoms with Crippen LogP contribution < -0.4 is 0 Å². The van der Waals surface area contributed by atoms with Crippen LogP contribution >= 0.6 is 0 Å². The molecule has 0 heterocycles. The summed E-state index contributed by atoms with van der Waals surface area (Å²) >= 11 is 0. The minimum atomic E-state index is -0.708. The Balaban J connectivity index is 3.01. The van der Waals surface area contributed by atoms with Crippen LogP contribution in [0, 0.1) is 18.7 Å². The molecule has 0 fully saturated rings. The first-order chi connectivity index (χ1) is 6.02. The summed E-state index contributed by atoms with van der Waals surface area (Å²) in [5.41, 5.74) is 1.26. The van der Waals surface area contributed by atoms with E-state index < -0.39 is 6.10 Å². The van der Waals surface area contributed by atoms with Gasteiger partial charge in [0.2, 0.25) is 0 Å². The van der Waals surface area contributed by atoms with Gasteiger partial charge in [-0.05, 0) is 24.5 Å². The van der Waals surface area contributed by atoms with E-state index in [0.717, 1.165) is 5.56 Å². The van der Waals surface area contributed by atoms with Crippen molar-refractivity contribution >= 4 is 0 Å². The van der Waals surface area contributed by atoms with E-state index in [2.05, 4.69) is 0 Å². The highest BCUT2D eigenvalue weighted by Crippen LogP contribution is 2.24. The van der Waals surface area contributed by atoms with Gasteiger partial charge in [-0.15, -0.1) is 0 Å². The number of hydrogen-bond donors (Lipinski definition) is 1. The zero-order valence-electron chi connectivity index (χ0n) is 8.21. The third kappa shape index (κ3) is 2.28. The molecule has 1 aromatic rings. The van der Waals surface area contributed by atoms with Crippen molar-refractivity contribution in [2.24, 2.45) is 5.92 Å². The van der Waals surface area contributed by atoms with Crippen molar-refractivity contribution in [3.63, 3.8) is 0 Å². The molecule has 0 aliphatic heterocycles. The molecule has 13 heavy (non-hydrogen) atoms. The van der Waals surface area contributed by atoms with Gasteiger partial charge in [-0.3, -0.25) is 0 Å². The summed E-state index contributed by atoms with van der Waals surface area (Å²) in [7, 11) is 0. The van der Waals surface area contributed by atoms with Gasteiger partial charge in [0, 0.05) is 5.56 Å². The molecule has 1 atom stereocenters. The number of aliphatic hydroxyl groups is 1. The summed E-state index contributed by atoms with van der Waals surface area (Å²) in [6, 6.07) is 4.90. The first-order valence-electron chi connectivity index (χ1n) is 4.46. The fourth-order valence-electron chi connectivity index (χ4n) is 1.23. The van der Waals surface area contributed by atoms with Gasteiger partial charge in [0.05, 0.1) is 6.10 Å². The third-order valence-electron chi connectivity index (χ3n) is 2.11. The van der Waals surface area contributed by atoms with Crippen LogP contribution in [0.15, 0.2) is 18.2 Å². The van der Waals surface area contributed by atoms with Gasteiger partial charge < -0.3 is 5.11 Å². The number of halogens is 1. The molecule has 0 aliphatic rings. The predicted octanol–water partition coefficient (Wildman–Crippen LogP) is 2.82. The van der Waals surface area contributed by atoms with Crippen LogP contribution in [0.5, 0.6) is 0 Å². The average molecular weight is 182 g/mol. The summed E-state index contributed by atoms with van der Waals surface area (Å²) in [6.07, 6.45) is -0.708. The van der Waals surface area contributed by atoms with Gasteiger partial charge in [0.25, 0.3) is 0 Å². The maximum absolute atomic E-state index is 13.3. The highest BCUT2D eigenvalue weighted by Gasteiger charge is 2.15. The predicted molar refractivity (Wildman–Crippen MR) is 50.9 cm³/mol. The fourth-order valence-corrected chi connectivity index (χ4v) is 1.23. The molecule has 0 saturated heterocycles. The Morgan fingerprint density at radius 1 is 1.31 bits per heavy atom. The van der Waals surface area contributed by atoms with Crippen LogP contribution in [0.2, 0.25) is 0 Å². The second-order valence-electron chi connectivity index (χ2n) is 3.71. The summed E-state index contributed by atoms with van der Waals surface area (Å²) in [5.74, 6) is -0.279. The standard InChI is InChI=1S/C11H15FO/c1-7(2)11(13)9-5-4-8(3)6-10(9)12/h4-7,11,13H,1-3H3/t11-/m0/s1. The van der Waals surface area contributed by atoms with Gasteiger partial charge in [0.15, 0.2) is 0 Å². The van der Waals surface area contributed by atoms with Gasteiger partial charge in [-0.25, -0.2) is 4.39 Å². The molecule has 0 radical (unpaired) electrons. The number of aliphatic hydroxyl groups excluding tert-OH is 1. The molecule has 2 heteroatoms. The molecule has 0 aromatic heterocycles. The van der Waals surface area contributed by atoms with E-state index in [1.165, 1.54) is 6.07 Å². The lowest BCUT2D eigenvalue weighted by Gasteiger charge is -2.15. The van der Waals surface area contributed by atoms with Crippen LogP contribution in [0.4, 0.5) is 4.39 Å². The average Bonchev–Trinajstić information content (AvgIpc) is 2.03. The van der Waals surface area contributed by atoms with Crippen molar-refractivity contribution in [2.75, 3.05) is 0 Å². The van der Waals surface area contributed by atoms with E-state index in [4.69, 9.17) is 0 Å². The lowest BCUT2D eigenvalue weighted by molar-refractivity contribution is 0.123. The first kappa shape index (κ1) is 10.2. The highest BCUT2D eigenvalue weighted by atomic mass is 19.1. The summed E-state index contributed by atoms with van der Waals surface area (Å²) < 4.78 is 13.3. The molecule has 1 nitrogen and oxygen atoms in total. The minimum absolute atomic E-state index is 0.0391. The van der Waals surface area contributed by atoms with Gasteiger partial charge in [-0.2, -0.15) is 0 Å². The van der Waals surface area contributed by atoms with Crippen LogP contribution in [0.3, 0.4) is 0 Å². The first-order valence-corrected chi connectivity index (χ1v) is 4.46. The van der Waals surface area contributed by atoms with E-state index in [-0.39, 0.29) is 11.7 Å². The van der Waals surface area contributed by atoms with Gasteiger partial charge in [-0.1, -0.05) is 26.0 Å². The maximum Gasteiger partial charge on any atom is 0.129 e. The third-order valence-corrected chi connectivity index (χ3v) is 2.11. The van der Waals surface area contributed by atoms with Crippen LogP contribution in [-0.2, 0) is 0 Å². The zero-order valence-corrected chi connectivity index (χ0v) is 8.21. The number of aryl methyl sites for hydroxylation is 1. The Morgan fingerprint density at radius 2 is 1.92 bits per heavy atom. The Kier molecular flexibility index (Phi) is 3.04. The molecule has 0 saturated carbocycles. The fraction of sp³-hybridized carbons (Fsp3) is 0.455. The Labute approximate surface area is 78.2 Å². The van der Waals surface area contributed by atoms with E-state index in [9.17, 15) is 9.50 Å². The molecule has 1 aromatic carbocycles. The Bertz CT molecular complexity index is 294. The van der Waals surface area contributed by atoms with Crippen molar-refractivity contribution < 1.29 is 9.50 Å². The van der Waals surface area contributed by atoms with Gasteiger partial charge >= 0.3 is 0 Å². The normalized spacial score (nSPS) is 13.4. The van der Waals surface area contributed by atoms with Crippen molar-refractivity contribution in [3.8, 4) is 0 Å². The van der Waals surface area contributed by atoms with Crippen molar-refractivity contribution in [3.05, 3.63) is 35.1 Å². The highest BCUT2D eigenvalue weighted by molar-refractivity contribution is 5.25. The second kappa shape index (κ2) is 3.88. The minimum Gasteiger partial charge on any atom is -0.388 e. The SMILES string of the molecule is Cc1ccc([C@@H](O)C(C)C)c(F)c1. The summed E-state index contributed by atoms with van der Waals surface area (Å²) in [4.78, 5) is 0. The van der Waals surface area contributed by atoms with Gasteiger partial charge in [0.1, 0.15) is 5.82 Å². The lowest BCUT2D eigenvalue weighted by Crippen LogP contribution is -2.07. The maximum atomic E-state index is 13.3. The smallest absolute Gasteiger partial charge is 0.129 e. The monoisotopic (exact) mass is 182 g/mol. The Hall–Kier alpha value is -0.890. The molecule has 72 valence electrons. The van der Waals surface area contributed by atoms with Crippen LogP contribution in [0.1, 0.15) is 31.1 Å². The molecular formula is C11H15FO. The molecule has 0 unspecified atom stereocenters. The molecule has 0 aliphatic carbocycles. The van der Waals surface area contributed by atoms with Crippen molar-refractivity contribution in [1.82, 2.24) is 0 Å². The topological polar surface area (TPSA) is 20.2 Å². The number of hydrogen-bond acceptors (Lipinski definition) is 1. The number of rotatable bonds is 2. The molecule has 0 spiro atoms. The van der Waals surface area contributed by atoms with Crippen molar-refractivity contribution in [1.29, 1.82) is 0 Å². The van der Waals surface area contributed by atoms with E-state index in [0.29, 0.717) is 5.56 Å². The Morgan fingerprint density at radius 3 is 2.38 bits per heavy atom. The van der Waals surface area contributed by atoms with Crippen molar-refractivity contribution in [2.45, 2.75) is 26.9 Å². The van der Waals surface area contributed by atoms with E-state index >= 15 is 0 Å². The lowest BCUT2D eigenvalue weighted by atomic mass is 9.98. The summed E-state index contributed by atoms with van der Waals surface area (Å²) in [5, 5.41) is 9.63.